The van der Waals surface area contributed by atoms with Gasteiger partial charge in [-0.15, -0.1) is 23.2 Å². The van der Waals surface area contributed by atoms with E-state index in [0.29, 0.717) is 0 Å². The summed E-state index contributed by atoms with van der Waals surface area (Å²) in [4.78, 5) is 31.6. The summed E-state index contributed by atoms with van der Waals surface area (Å²) in [6, 6.07) is 5.96. The van der Waals surface area contributed by atoms with Gasteiger partial charge in [0.25, 0.3) is 0 Å². The summed E-state index contributed by atoms with van der Waals surface area (Å²) in [5.74, 6) is -1.86. The largest absolute Gasteiger partial charge is 0.462 e. The fourth-order valence-electron chi connectivity index (χ4n) is 2.41. The maximum absolute atomic E-state index is 12.0. The van der Waals surface area contributed by atoms with Crippen LogP contribution in [0.2, 0.25) is 10.3 Å². The van der Waals surface area contributed by atoms with Crippen LogP contribution in [0.4, 0.5) is 0 Å². The number of rotatable bonds is 6. The summed E-state index contributed by atoms with van der Waals surface area (Å²) in [6.07, 6.45) is 2.62. The van der Waals surface area contributed by atoms with Crippen molar-refractivity contribution in [3.05, 3.63) is 58.1 Å². The van der Waals surface area contributed by atoms with Gasteiger partial charge in [0, 0.05) is 24.2 Å². The second kappa shape index (κ2) is 8.19. The van der Waals surface area contributed by atoms with Gasteiger partial charge in [-0.05, 0) is 24.3 Å². The zero-order valence-corrected chi connectivity index (χ0v) is 16.6. The van der Waals surface area contributed by atoms with E-state index in [9.17, 15) is 9.59 Å². The Morgan fingerprint density at radius 2 is 1.26 bits per heavy atom. The first-order valence-electron chi connectivity index (χ1n) is 7.74. The van der Waals surface area contributed by atoms with Gasteiger partial charge < -0.3 is 9.47 Å². The number of halogens is 4. The first-order valence-corrected chi connectivity index (χ1v) is 9.25. The Morgan fingerprint density at radius 3 is 1.59 bits per heavy atom. The van der Waals surface area contributed by atoms with Crippen molar-refractivity contribution in [1.82, 2.24) is 9.97 Å². The minimum absolute atomic E-state index is 0.0147. The van der Waals surface area contributed by atoms with Gasteiger partial charge in [-0.1, -0.05) is 23.2 Å². The van der Waals surface area contributed by atoms with E-state index in [2.05, 4.69) is 9.97 Å². The number of carbonyl (C=O) groups is 2. The van der Waals surface area contributed by atoms with Crippen LogP contribution in [0.25, 0.3) is 0 Å². The van der Waals surface area contributed by atoms with Gasteiger partial charge in [-0.25, -0.2) is 19.6 Å². The average molecular weight is 450 g/mol. The Bertz CT molecular complexity index is 774. The van der Waals surface area contributed by atoms with Crippen LogP contribution >= 0.6 is 46.4 Å². The summed E-state index contributed by atoms with van der Waals surface area (Å²) in [5, 5.41) is 0.541. The number of hydrogen-bond acceptors (Lipinski definition) is 6. The van der Waals surface area contributed by atoms with E-state index in [-0.39, 0.29) is 46.5 Å². The first kappa shape index (κ1) is 20.1. The molecule has 142 valence electrons. The second-order valence-electron chi connectivity index (χ2n) is 5.82. The molecule has 2 aromatic rings. The standard InChI is InChI=1S/C17H12Cl4N2O4/c18-13-3-1-9(5-22-13)15(24)26-7-11-12(17(11,20)21)8-27-16(25)10-2-4-14(19)23-6-10/h1-6,11-12H,7-8H2. The van der Waals surface area contributed by atoms with Crippen molar-refractivity contribution in [2.45, 2.75) is 4.33 Å². The highest BCUT2D eigenvalue weighted by molar-refractivity contribution is 6.51. The molecule has 3 rings (SSSR count). The van der Waals surface area contributed by atoms with Gasteiger partial charge >= 0.3 is 11.9 Å². The van der Waals surface area contributed by atoms with E-state index in [1.165, 1.54) is 36.7 Å². The van der Waals surface area contributed by atoms with Crippen molar-refractivity contribution in [3.63, 3.8) is 0 Å². The SMILES string of the molecule is O=C(OCC1C(COC(=O)c2ccc(Cl)nc2)C1(Cl)Cl)c1ccc(Cl)nc1. The van der Waals surface area contributed by atoms with E-state index in [0.717, 1.165) is 0 Å². The van der Waals surface area contributed by atoms with E-state index in [4.69, 9.17) is 55.9 Å². The van der Waals surface area contributed by atoms with Crippen molar-refractivity contribution < 1.29 is 19.1 Å². The van der Waals surface area contributed by atoms with Crippen LogP contribution in [0.1, 0.15) is 20.7 Å². The summed E-state index contributed by atoms with van der Waals surface area (Å²) in [6.45, 7) is -0.0294. The van der Waals surface area contributed by atoms with Gasteiger partial charge in [0.2, 0.25) is 0 Å². The minimum atomic E-state index is -1.14. The molecule has 0 aliphatic heterocycles. The Balaban J connectivity index is 1.49. The Hall–Kier alpha value is -1.60. The number of aromatic nitrogens is 2. The second-order valence-corrected chi connectivity index (χ2v) is 8.04. The molecule has 1 aliphatic carbocycles. The highest BCUT2D eigenvalue weighted by atomic mass is 35.5. The van der Waals surface area contributed by atoms with Gasteiger partial charge in [-0.3, -0.25) is 0 Å². The highest BCUT2D eigenvalue weighted by Crippen LogP contribution is 2.59. The van der Waals surface area contributed by atoms with Crippen LogP contribution < -0.4 is 0 Å². The molecule has 6 nitrogen and oxygen atoms in total. The number of ether oxygens (including phenoxy) is 2. The predicted molar refractivity (Wildman–Crippen MR) is 100 cm³/mol. The number of hydrogen-bond donors (Lipinski definition) is 0. The molecular formula is C17H12Cl4N2O4. The molecule has 2 unspecified atom stereocenters. The third-order valence-electron chi connectivity index (χ3n) is 4.08. The third kappa shape index (κ3) is 4.82. The molecule has 0 aromatic carbocycles. The van der Waals surface area contributed by atoms with Crippen molar-refractivity contribution in [2.24, 2.45) is 11.8 Å². The zero-order valence-electron chi connectivity index (χ0n) is 13.6. The van der Waals surface area contributed by atoms with Crippen molar-refractivity contribution in [1.29, 1.82) is 0 Å². The van der Waals surface area contributed by atoms with Crippen LogP contribution in [-0.2, 0) is 9.47 Å². The van der Waals surface area contributed by atoms with Crippen LogP contribution in [-0.4, -0.2) is 39.5 Å². The molecule has 2 atom stereocenters. The molecule has 27 heavy (non-hydrogen) atoms. The van der Waals surface area contributed by atoms with Crippen molar-refractivity contribution in [2.75, 3.05) is 13.2 Å². The van der Waals surface area contributed by atoms with Crippen molar-refractivity contribution >= 4 is 58.3 Å². The Labute approximate surface area is 174 Å². The summed E-state index contributed by atoms with van der Waals surface area (Å²) < 4.78 is 9.27. The molecule has 1 saturated carbocycles. The topological polar surface area (TPSA) is 78.4 Å². The lowest BCUT2D eigenvalue weighted by Crippen LogP contribution is -2.11. The smallest absolute Gasteiger partial charge is 0.339 e. The van der Waals surface area contributed by atoms with Crippen LogP contribution in [0.5, 0.6) is 0 Å². The Kier molecular flexibility index (Phi) is 6.11. The van der Waals surface area contributed by atoms with E-state index >= 15 is 0 Å². The normalized spacial score (nSPS) is 20.0. The van der Waals surface area contributed by atoms with E-state index in [1.807, 2.05) is 0 Å². The summed E-state index contributed by atoms with van der Waals surface area (Å²) in [5.41, 5.74) is 0.515. The minimum Gasteiger partial charge on any atom is -0.462 e. The van der Waals surface area contributed by atoms with Crippen LogP contribution in [0.3, 0.4) is 0 Å². The monoisotopic (exact) mass is 448 g/mol. The lowest BCUT2D eigenvalue weighted by atomic mass is 10.3. The van der Waals surface area contributed by atoms with Crippen LogP contribution in [0, 0.1) is 11.8 Å². The number of alkyl halides is 2. The highest BCUT2D eigenvalue weighted by Gasteiger charge is 2.64. The maximum Gasteiger partial charge on any atom is 0.339 e. The fraction of sp³-hybridized carbons (Fsp3) is 0.294. The molecule has 2 heterocycles. The number of carbonyl (C=O) groups excluding carboxylic acids is 2. The van der Waals surface area contributed by atoms with E-state index in [1.54, 1.807) is 0 Å². The molecule has 0 saturated heterocycles. The summed E-state index contributed by atoms with van der Waals surface area (Å²) >= 11 is 23.7. The average Bonchev–Trinajstić information content (AvgIpc) is 3.18. The van der Waals surface area contributed by atoms with Gasteiger partial charge in [0.05, 0.1) is 24.3 Å². The Morgan fingerprint density at radius 1 is 0.852 bits per heavy atom. The fourth-order valence-corrected chi connectivity index (χ4v) is 3.36. The quantitative estimate of drug-likeness (QED) is 0.373. The lowest BCUT2D eigenvalue weighted by molar-refractivity contribution is 0.0418. The number of pyridine rings is 2. The maximum atomic E-state index is 12.0. The molecular weight excluding hydrogens is 438 g/mol. The molecule has 0 bridgehead atoms. The van der Waals surface area contributed by atoms with Gasteiger partial charge in [-0.2, -0.15) is 0 Å². The van der Waals surface area contributed by atoms with Crippen molar-refractivity contribution in [3.8, 4) is 0 Å². The number of esters is 2. The summed E-state index contributed by atoms with van der Waals surface area (Å²) in [7, 11) is 0. The third-order valence-corrected chi connectivity index (χ3v) is 5.65. The first-order chi connectivity index (χ1) is 12.8. The van der Waals surface area contributed by atoms with Gasteiger partial charge in [0.15, 0.2) is 0 Å². The molecule has 1 fully saturated rings. The van der Waals surface area contributed by atoms with E-state index < -0.39 is 16.3 Å². The zero-order chi connectivity index (χ0) is 19.6. The predicted octanol–water partition coefficient (Wildman–Crippen LogP) is 4.22. The van der Waals surface area contributed by atoms with Gasteiger partial charge in [0.1, 0.15) is 14.6 Å². The van der Waals surface area contributed by atoms with Crippen LogP contribution in [0.15, 0.2) is 36.7 Å². The molecule has 2 aromatic heterocycles. The molecule has 0 N–H and O–H groups in total. The number of nitrogens with zero attached hydrogens (tertiary/aromatic N) is 2. The lowest BCUT2D eigenvalue weighted by Gasteiger charge is -2.05. The molecule has 0 radical (unpaired) electrons. The molecule has 0 spiro atoms. The molecule has 1 aliphatic rings. The molecule has 10 heteroatoms. The molecule has 0 amide bonds.